The van der Waals surface area contributed by atoms with Gasteiger partial charge < -0.3 is 4.98 Å². The Balaban J connectivity index is 2.87. The molecule has 0 spiro atoms. The molecular formula is C12H12N4O3. The van der Waals surface area contributed by atoms with E-state index in [0.717, 1.165) is 12.8 Å². The minimum atomic E-state index is -0.611. The normalized spacial score (nSPS) is 10.5. The summed E-state index contributed by atoms with van der Waals surface area (Å²) >= 11 is 0. The molecule has 0 unspecified atom stereocenters. The van der Waals surface area contributed by atoms with Crippen molar-refractivity contribution >= 4 is 11.0 Å². The van der Waals surface area contributed by atoms with E-state index in [-0.39, 0.29) is 16.6 Å². The van der Waals surface area contributed by atoms with Crippen molar-refractivity contribution < 1.29 is 0 Å². The van der Waals surface area contributed by atoms with Crippen LogP contribution in [0.5, 0.6) is 0 Å². The summed E-state index contributed by atoms with van der Waals surface area (Å²) in [4.78, 5) is 39.7. The van der Waals surface area contributed by atoms with E-state index in [1.165, 1.54) is 10.6 Å². The molecule has 2 aromatic rings. The molecule has 0 saturated heterocycles. The van der Waals surface area contributed by atoms with Crippen LogP contribution in [0.4, 0.5) is 0 Å². The highest BCUT2D eigenvalue weighted by Crippen LogP contribution is 2.04. The lowest BCUT2D eigenvalue weighted by atomic mass is 10.2. The molecule has 2 aromatic heterocycles. The van der Waals surface area contributed by atoms with Crippen molar-refractivity contribution in [3.8, 4) is 6.07 Å². The van der Waals surface area contributed by atoms with Crippen LogP contribution in [-0.4, -0.2) is 14.5 Å². The Bertz CT molecular complexity index is 835. The van der Waals surface area contributed by atoms with Gasteiger partial charge in [-0.2, -0.15) is 5.26 Å². The van der Waals surface area contributed by atoms with Gasteiger partial charge in [-0.15, -0.1) is 0 Å². The Morgan fingerprint density at radius 1 is 1.26 bits per heavy atom. The van der Waals surface area contributed by atoms with Crippen molar-refractivity contribution in [3.63, 3.8) is 0 Å². The van der Waals surface area contributed by atoms with Crippen molar-refractivity contribution in [2.24, 2.45) is 0 Å². The molecule has 2 heterocycles. The minimum Gasteiger partial charge on any atom is -0.307 e. The van der Waals surface area contributed by atoms with Gasteiger partial charge in [-0.1, -0.05) is 13.3 Å². The molecule has 0 amide bonds. The highest BCUT2D eigenvalue weighted by atomic mass is 16.2. The lowest BCUT2D eigenvalue weighted by Crippen LogP contribution is -2.32. The smallest absolute Gasteiger partial charge is 0.307 e. The topological polar surface area (TPSA) is 112 Å². The Hall–Kier alpha value is -2.62. The van der Waals surface area contributed by atoms with Crippen LogP contribution in [-0.2, 0) is 6.54 Å². The summed E-state index contributed by atoms with van der Waals surface area (Å²) in [5.74, 6) is 0. The number of hydrogen-bond donors (Lipinski definition) is 2. The fourth-order valence-electron chi connectivity index (χ4n) is 1.85. The molecule has 7 heteroatoms. The molecule has 98 valence electrons. The molecule has 0 fully saturated rings. The molecule has 2 N–H and O–H groups in total. The lowest BCUT2D eigenvalue weighted by Gasteiger charge is -2.08. The molecule has 0 aliphatic carbocycles. The van der Waals surface area contributed by atoms with E-state index in [4.69, 9.17) is 5.26 Å². The predicted octanol–water partition coefficient (Wildman–Crippen LogP) is 0.0499. The first kappa shape index (κ1) is 12.8. The Morgan fingerprint density at radius 3 is 2.63 bits per heavy atom. The molecule has 7 nitrogen and oxygen atoms in total. The standard InChI is InChI=1S/C12H12N4O3/c1-2-3-4-16-9-8(11(18)15-12(16)19)5-7(6-13)10(17)14-9/h5H,2-4H2,1H3,(H,14,17)(H,15,18,19). The third-order valence-corrected chi connectivity index (χ3v) is 2.86. The Morgan fingerprint density at radius 2 is 2.00 bits per heavy atom. The van der Waals surface area contributed by atoms with Gasteiger partial charge >= 0.3 is 5.69 Å². The van der Waals surface area contributed by atoms with Crippen LogP contribution in [0.25, 0.3) is 11.0 Å². The van der Waals surface area contributed by atoms with Gasteiger partial charge in [0.1, 0.15) is 17.3 Å². The third-order valence-electron chi connectivity index (χ3n) is 2.86. The number of unbranched alkanes of at least 4 members (excludes halogenated alkanes) is 1. The van der Waals surface area contributed by atoms with Gasteiger partial charge in [0, 0.05) is 6.54 Å². The number of nitriles is 1. The quantitative estimate of drug-likeness (QED) is 0.811. The minimum absolute atomic E-state index is 0.131. The van der Waals surface area contributed by atoms with E-state index < -0.39 is 16.8 Å². The van der Waals surface area contributed by atoms with Gasteiger partial charge in [0.25, 0.3) is 11.1 Å². The number of rotatable bonds is 3. The average Bonchev–Trinajstić information content (AvgIpc) is 2.38. The van der Waals surface area contributed by atoms with Gasteiger partial charge in [0.15, 0.2) is 0 Å². The van der Waals surface area contributed by atoms with Crippen LogP contribution >= 0.6 is 0 Å². The van der Waals surface area contributed by atoms with Gasteiger partial charge in [0.2, 0.25) is 0 Å². The summed E-state index contributed by atoms with van der Waals surface area (Å²) in [5, 5.41) is 8.91. The molecule has 0 aliphatic heterocycles. The highest BCUT2D eigenvalue weighted by molar-refractivity contribution is 5.75. The van der Waals surface area contributed by atoms with E-state index in [9.17, 15) is 14.4 Å². The first-order valence-electron chi connectivity index (χ1n) is 5.88. The van der Waals surface area contributed by atoms with Crippen LogP contribution in [0, 0.1) is 11.3 Å². The van der Waals surface area contributed by atoms with Crippen molar-refractivity contribution in [3.05, 3.63) is 42.8 Å². The van der Waals surface area contributed by atoms with E-state index in [1.807, 2.05) is 6.92 Å². The fourth-order valence-corrected chi connectivity index (χ4v) is 1.85. The molecule has 19 heavy (non-hydrogen) atoms. The van der Waals surface area contributed by atoms with Gasteiger partial charge in [-0.25, -0.2) is 4.79 Å². The maximum absolute atomic E-state index is 11.7. The molecule has 2 rings (SSSR count). The molecule has 0 aromatic carbocycles. The Labute approximate surface area is 107 Å². The molecule has 0 atom stereocenters. The zero-order chi connectivity index (χ0) is 14.0. The maximum Gasteiger partial charge on any atom is 0.329 e. The number of nitrogens with one attached hydrogen (secondary N) is 2. The van der Waals surface area contributed by atoms with Crippen LogP contribution in [0.3, 0.4) is 0 Å². The number of fused-ring (bicyclic) bond motifs is 1. The van der Waals surface area contributed by atoms with Crippen molar-refractivity contribution in [1.82, 2.24) is 14.5 Å². The number of aryl methyl sites for hydroxylation is 1. The van der Waals surface area contributed by atoms with Crippen molar-refractivity contribution in [2.45, 2.75) is 26.3 Å². The average molecular weight is 260 g/mol. The summed E-state index contributed by atoms with van der Waals surface area (Å²) in [5.41, 5.74) is -1.78. The summed E-state index contributed by atoms with van der Waals surface area (Å²) < 4.78 is 1.31. The van der Waals surface area contributed by atoms with E-state index in [2.05, 4.69) is 9.97 Å². The Kier molecular flexibility index (Phi) is 3.33. The zero-order valence-corrected chi connectivity index (χ0v) is 10.3. The monoisotopic (exact) mass is 260 g/mol. The first-order chi connectivity index (χ1) is 9.08. The molecule has 0 radical (unpaired) electrons. The second kappa shape index (κ2) is 4.94. The molecule has 0 saturated carbocycles. The number of pyridine rings is 1. The van der Waals surface area contributed by atoms with E-state index >= 15 is 0 Å². The third kappa shape index (κ3) is 2.20. The van der Waals surface area contributed by atoms with E-state index in [1.54, 1.807) is 6.07 Å². The van der Waals surface area contributed by atoms with Crippen LogP contribution < -0.4 is 16.8 Å². The largest absolute Gasteiger partial charge is 0.329 e. The number of nitrogens with zero attached hydrogens (tertiary/aromatic N) is 2. The van der Waals surface area contributed by atoms with Crippen LogP contribution in [0.2, 0.25) is 0 Å². The van der Waals surface area contributed by atoms with Crippen LogP contribution in [0.15, 0.2) is 20.4 Å². The first-order valence-corrected chi connectivity index (χ1v) is 5.88. The van der Waals surface area contributed by atoms with E-state index in [0.29, 0.717) is 6.54 Å². The van der Waals surface area contributed by atoms with Gasteiger partial charge in [-0.3, -0.25) is 19.1 Å². The molecule has 0 aliphatic rings. The fraction of sp³-hybridized carbons (Fsp3) is 0.333. The maximum atomic E-state index is 11.7. The number of H-pyrrole nitrogens is 2. The summed E-state index contributed by atoms with van der Waals surface area (Å²) in [6.45, 7) is 2.36. The number of hydrogen-bond acceptors (Lipinski definition) is 4. The summed E-state index contributed by atoms with van der Waals surface area (Å²) in [6.07, 6.45) is 1.61. The van der Waals surface area contributed by atoms with Crippen molar-refractivity contribution in [1.29, 1.82) is 5.26 Å². The van der Waals surface area contributed by atoms with Crippen LogP contribution in [0.1, 0.15) is 25.3 Å². The number of aromatic amines is 2. The lowest BCUT2D eigenvalue weighted by molar-refractivity contribution is 0.612. The van der Waals surface area contributed by atoms with Crippen molar-refractivity contribution in [2.75, 3.05) is 0 Å². The second-order valence-electron chi connectivity index (χ2n) is 4.15. The summed E-state index contributed by atoms with van der Waals surface area (Å²) in [7, 11) is 0. The highest BCUT2D eigenvalue weighted by Gasteiger charge is 2.10. The SMILES string of the molecule is CCCCn1c(=O)[nH]c(=O)c2cc(C#N)c(=O)[nH]c21. The summed E-state index contributed by atoms with van der Waals surface area (Å²) in [6, 6.07) is 2.91. The zero-order valence-electron chi connectivity index (χ0n) is 10.3. The number of aromatic nitrogens is 3. The van der Waals surface area contributed by atoms with Gasteiger partial charge in [-0.05, 0) is 12.5 Å². The van der Waals surface area contributed by atoms with Gasteiger partial charge in [0.05, 0.1) is 5.39 Å². The second-order valence-corrected chi connectivity index (χ2v) is 4.15. The predicted molar refractivity (Wildman–Crippen MR) is 69.1 cm³/mol. The molecular weight excluding hydrogens is 248 g/mol. The molecule has 0 bridgehead atoms.